The van der Waals surface area contributed by atoms with E-state index in [1.807, 2.05) is 6.92 Å². The Morgan fingerprint density at radius 2 is 2.12 bits per heavy atom. The summed E-state index contributed by atoms with van der Waals surface area (Å²) in [6.07, 6.45) is 1.68. The van der Waals surface area contributed by atoms with Gasteiger partial charge in [0.05, 0.1) is 10.2 Å². The van der Waals surface area contributed by atoms with Crippen molar-refractivity contribution in [2.24, 2.45) is 0 Å². The van der Waals surface area contributed by atoms with Gasteiger partial charge in [-0.25, -0.2) is 14.4 Å². The number of aromatic nitrogens is 2. The number of nitrogens with one attached hydrogen (secondary N) is 1. The minimum absolute atomic E-state index is 0.309. The summed E-state index contributed by atoms with van der Waals surface area (Å²) >= 11 is 3.17. The summed E-state index contributed by atoms with van der Waals surface area (Å²) in [5.41, 5.74) is 1.90. The van der Waals surface area contributed by atoms with Gasteiger partial charge in [-0.2, -0.15) is 0 Å². The van der Waals surface area contributed by atoms with E-state index in [0.29, 0.717) is 21.7 Å². The molecule has 2 rings (SSSR count). The molecule has 1 heterocycles. The van der Waals surface area contributed by atoms with Crippen molar-refractivity contribution in [3.63, 3.8) is 0 Å². The fraction of sp³-hybridized carbons (Fsp3) is 0.167. The van der Waals surface area contributed by atoms with E-state index in [2.05, 4.69) is 31.2 Å². The molecule has 0 spiro atoms. The molecule has 0 saturated heterocycles. The van der Waals surface area contributed by atoms with Crippen molar-refractivity contribution >= 4 is 21.9 Å². The lowest BCUT2D eigenvalue weighted by molar-refractivity contribution is 0.624. The second-order valence-electron chi connectivity index (χ2n) is 3.58. The van der Waals surface area contributed by atoms with Crippen molar-refractivity contribution in [1.82, 2.24) is 9.97 Å². The van der Waals surface area contributed by atoms with Crippen LogP contribution in [0, 0.1) is 12.7 Å². The highest BCUT2D eigenvalue weighted by atomic mass is 79.9. The van der Waals surface area contributed by atoms with E-state index >= 15 is 0 Å². The number of benzene rings is 1. The van der Waals surface area contributed by atoms with Crippen LogP contribution in [0.25, 0.3) is 11.3 Å². The van der Waals surface area contributed by atoms with Crippen LogP contribution in [-0.4, -0.2) is 17.0 Å². The lowest BCUT2D eigenvalue weighted by Crippen LogP contribution is -2.00. The maximum Gasteiger partial charge on any atom is 0.222 e. The fourth-order valence-electron chi connectivity index (χ4n) is 1.52. The molecule has 0 radical (unpaired) electrons. The number of hydrogen-bond acceptors (Lipinski definition) is 3. The van der Waals surface area contributed by atoms with Gasteiger partial charge in [-0.3, -0.25) is 0 Å². The van der Waals surface area contributed by atoms with Crippen molar-refractivity contribution in [2.45, 2.75) is 6.92 Å². The summed E-state index contributed by atoms with van der Waals surface area (Å²) < 4.78 is 14.4. The zero-order valence-corrected chi connectivity index (χ0v) is 11.0. The van der Waals surface area contributed by atoms with Crippen molar-refractivity contribution in [1.29, 1.82) is 0 Å². The number of anilines is 1. The molecule has 1 N–H and O–H groups in total. The van der Waals surface area contributed by atoms with Gasteiger partial charge in [-0.15, -0.1) is 0 Å². The Balaban J connectivity index is 2.63. The number of aryl methyl sites for hydroxylation is 1. The molecular weight excluding hydrogens is 285 g/mol. The standard InChI is InChI=1S/C12H11BrFN3/c1-7-6-16-12(15-2)17-11(7)8-4-3-5-9(13)10(8)14/h3-6H,1-2H3,(H,15,16,17). The molecule has 0 atom stereocenters. The molecule has 0 amide bonds. The van der Waals surface area contributed by atoms with Gasteiger partial charge in [-0.05, 0) is 40.5 Å². The Bertz CT molecular complexity index is 557. The molecule has 0 fully saturated rings. The summed E-state index contributed by atoms with van der Waals surface area (Å²) in [6.45, 7) is 1.86. The minimum atomic E-state index is -0.309. The Kier molecular flexibility index (Phi) is 3.38. The molecule has 17 heavy (non-hydrogen) atoms. The van der Waals surface area contributed by atoms with E-state index in [1.54, 1.807) is 31.4 Å². The zero-order valence-electron chi connectivity index (χ0n) is 9.46. The fourth-order valence-corrected chi connectivity index (χ4v) is 1.89. The highest BCUT2D eigenvalue weighted by molar-refractivity contribution is 9.10. The van der Waals surface area contributed by atoms with Gasteiger partial charge < -0.3 is 5.32 Å². The summed E-state index contributed by atoms with van der Waals surface area (Å²) in [7, 11) is 1.73. The number of nitrogens with zero attached hydrogens (tertiary/aromatic N) is 2. The first-order valence-corrected chi connectivity index (χ1v) is 5.88. The van der Waals surface area contributed by atoms with E-state index in [-0.39, 0.29) is 5.82 Å². The summed E-state index contributed by atoms with van der Waals surface area (Å²) in [5.74, 6) is 0.168. The first kappa shape index (κ1) is 12.0. The molecular formula is C12H11BrFN3. The second-order valence-corrected chi connectivity index (χ2v) is 4.43. The molecule has 3 nitrogen and oxygen atoms in total. The molecule has 0 bridgehead atoms. The van der Waals surface area contributed by atoms with Crippen LogP contribution >= 0.6 is 15.9 Å². The molecule has 2 aromatic rings. The van der Waals surface area contributed by atoms with Crippen LogP contribution < -0.4 is 5.32 Å². The first-order valence-electron chi connectivity index (χ1n) is 5.09. The van der Waals surface area contributed by atoms with Gasteiger partial charge in [0.25, 0.3) is 0 Å². The van der Waals surface area contributed by atoms with Gasteiger partial charge >= 0.3 is 0 Å². The molecule has 1 aromatic heterocycles. The van der Waals surface area contributed by atoms with Crippen LogP contribution in [0.5, 0.6) is 0 Å². The molecule has 5 heteroatoms. The number of rotatable bonds is 2. The van der Waals surface area contributed by atoms with Gasteiger partial charge in [0.1, 0.15) is 5.82 Å². The average molecular weight is 296 g/mol. The highest BCUT2D eigenvalue weighted by Gasteiger charge is 2.12. The summed E-state index contributed by atoms with van der Waals surface area (Å²) in [6, 6.07) is 5.15. The monoisotopic (exact) mass is 295 g/mol. The van der Waals surface area contributed by atoms with Crippen LogP contribution in [0.4, 0.5) is 10.3 Å². The average Bonchev–Trinajstić information content (AvgIpc) is 2.34. The minimum Gasteiger partial charge on any atom is -0.357 e. The van der Waals surface area contributed by atoms with Crippen LogP contribution in [0.15, 0.2) is 28.9 Å². The quantitative estimate of drug-likeness (QED) is 0.923. The lowest BCUT2D eigenvalue weighted by atomic mass is 10.1. The Hall–Kier alpha value is -1.49. The third kappa shape index (κ3) is 2.29. The van der Waals surface area contributed by atoms with Crippen LogP contribution in [0.2, 0.25) is 0 Å². The van der Waals surface area contributed by atoms with Crippen molar-refractivity contribution in [2.75, 3.05) is 12.4 Å². The first-order chi connectivity index (χ1) is 8.13. The predicted octanol–water partition coefficient (Wildman–Crippen LogP) is 3.40. The van der Waals surface area contributed by atoms with Crippen molar-refractivity contribution in [3.05, 3.63) is 40.2 Å². The predicted molar refractivity (Wildman–Crippen MR) is 69.4 cm³/mol. The van der Waals surface area contributed by atoms with Crippen LogP contribution in [-0.2, 0) is 0 Å². The lowest BCUT2D eigenvalue weighted by Gasteiger charge is -2.08. The molecule has 1 aromatic carbocycles. The van der Waals surface area contributed by atoms with Crippen LogP contribution in [0.1, 0.15) is 5.56 Å². The Morgan fingerprint density at radius 1 is 1.35 bits per heavy atom. The van der Waals surface area contributed by atoms with E-state index < -0.39 is 0 Å². The van der Waals surface area contributed by atoms with Crippen molar-refractivity contribution in [3.8, 4) is 11.3 Å². The third-order valence-electron chi connectivity index (χ3n) is 2.40. The largest absolute Gasteiger partial charge is 0.357 e. The number of halogens is 2. The topological polar surface area (TPSA) is 37.8 Å². The third-order valence-corrected chi connectivity index (χ3v) is 3.01. The van der Waals surface area contributed by atoms with E-state index in [4.69, 9.17) is 0 Å². The molecule has 88 valence electrons. The van der Waals surface area contributed by atoms with E-state index in [0.717, 1.165) is 5.56 Å². The van der Waals surface area contributed by atoms with E-state index in [9.17, 15) is 4.39 Å². The normalized spacial score (nSPS) is 10.4. The zero-order chi connectivity index (χ0) is 12.4. The molecule has 0 unspecified atom stereocenters. The maximum atomic E-state index is 14.0. The van der Waals surface area contributed by atoms with Gasteiger partial charge in [0.15, 0.2) is 0 Å². The maximum absolute atomic E-state index is 14.0. The van der Waals surface area contributed by atoms with Crippen molar-refractivity contribution < 1.29 is 4.39 Å². The molecule has 0 aliphatic rings. The Morgan fingerprint density at radius 3 is 2.82 bits per heavy atom. The van der Waals surface area contributed by atoms with Crippen LogP contribution in [0.3, 0.4) is 0 Å². The van der Waals surface area contributed by atoms with Gasteiger partial charge in [0.2, 0.25) is 5.95 Å². The number of hydrogen-bond donors (Lipinski definition) is 1. The smallest absolute Gasteiger partial charge is 0.222 e. The van der Waals surface area contributed by atoms with E-state index in [1.165, 1.54) is 0 Å². The molecule has 0 saturated carbocycles. The summed E-state index contributed by atoms with van der Waals surface area (Å²) in [4.78, 5) is 8.36. The van der Waals surface area contributed by atoms with Gasteiger partial charge in [0, 0.05) is 18.8 Å². The highest BCUT2D eigenvalue weighted by Crippen LogP contribution is 2.28. The Labute approximate surface area is 107 Å². The molecule has 0 aliphatic carbocycles. The van der Waals surface area contributed by atoms with Gasteiger partial charge in [-0.1, -0.05) is 6.07 Å². The molecule has 0 aliphatic heterocycles. The SMILES string of the molecule is CNc1ncc(C)c(-c2cccc(Br)c2F)n1. The second kappa shape index (κ2) is 4.79. The summed E-state index contributed by atoms with van der Waals surface area (Å²) in [5, 5.41) is 2.84.